The maximum Gasteiger partial charge on any atom is 0.272 e. The van der Waals surface area contributed by atoms with Crippen molar-refractivity contribution in [1.82, 2.24) is 0 Å². The van der Waals surface area contributed by atoms with Crippen LogP contribution in [0.1, 0.15) is 37.2 Å². The lowest BCUT2D eigenvalue weighted by molar-refractivity contribution is -0.385. The van der Waals surface area contributed by atoms with E-state index in [0.717, 1.165) is 12.8 Å². The van der Waals surface area contributed by atoms with Crippen LogP contribution in [0.5, 0.6) is 0 Å². The van der Waals surface area contributed by atoms with E-state index in [4.69, 9.17) is 0 Å². The monoisotopic (exact) mass is 219 g/mol. The molecule has 2 rings (SSSR count). The highest BCUT2D eigenvalue weighted by molar-refractivity contribution is 5.80. The maximum atomic E-state index is 11.4. The summed E-state index contributed by atoms with van der Waals surface area (Å²) in [5.41, 5.74) is 0.850. The van der Waals surface area contributed by atoms with Crippen molar-refractivity contribution < 1.29 is 9.72 Å². The molecule has 0 amide bonds. The zero-order valence-corrected chi connectivity index (χ0v) is 8.89. The van der Waals surface area contributed by atoms with E-state index >= 15 is 0 Å². The van der Waals surface area contributed by atoms with Gasteiger partial charge in [-0.05, 0) is 18.8 Å². The Hall–Kier alpha value is -1.71. The highest BCUT2D eigenvalue weighted by Crippen LogP contribution is 2.35. The van der Waals surface area contributed by atoms with Gasteiger partial charge in [-0.25, -0.2) is 0 Å². The molecular weight excluding hydrogens is 206 g/mol. The Labute approximate surface area is 93.4 Å². The minimum Gasteiger partial charge on any atom is -0.300 e. The van der Waals surface area contributed by atoms with E-state index in [1.807, 2.05) is 0 Å². The first-order chi connectivity index (χ1) is 7.68. The molecule has 84 valence electrons. The van der Waals surface area contributed by atoms with Crippen molar-refractivity contribution in [2.24, 2.45) is 0 Å². The predicted octanol–water partition coefficient (Wildman–Crippen LogP) is 2.82. The zero-order chi connectivity index (χ0) is 11.5. The molecule has 1 aromatic rings. The molecule has 0 bridgehead atoms. The number of hydrogen-bond acceptors (Lipinski definition) is 3. The van der Waals surface area contributed by atoms with Gasteiger partial charge in [-0.2, -0.15) is 0 Å². The van der Waals surface area contributed by atoms with Crippen LogP contribution in [-0.2, 0) is 4.79 Å². The second kappa shape index (κ2) is 4.43. The molecule has 1 saturated carbocycles. The molecule has 16 heavy (non-hydrogen) atoms. The number of carbonyl (C=O) groups excluding carboxylic acids is 1. The molecule has 0 saturated heterocycles. The van der Waals surface area contributed by atoms with Crippen molar-refractivity contribution in [2.75, 3.05) is 0 Å². The van der Waals surface area contributed by atoms with Crippen molar-refractivity contribution in [2.45, 2.75) is 31.6 Å². The van der Waals surface area contributed by atoms with Crippen LogP contribution in [0.15, 0.2) is 24.3 Å². The average Bonchev–Trinajstić information content (AvgIpc) is 2.29. The maximum absolute atomic E-state index is 11.4. The van der Waals surface area contributed by atoms with Crippen LogP contribution in [-0.4, -0.2) is 10.7 Å². The number of Topliss-reactive ketones (excluding diaryl/α,β-unsaturated/α-hetero) is 1. The molecule has 0 aromatic heterocycles. The summed E-state index contributed by atoms with van der Waals surface area (Å²) in [5.74, 6) is 0.247. The Morgan fingerprint density at radius 3 is 2.75 bits per heavy atom. The summed E-state index contributed by atoms with van der Waals surface area (Å²) in [6.07, 6.45) is 2.79. The number of hydrogen-bond donors (Lipinski definition) is 0. The van der Waals surface area contributed by atoms with Gasteiger partial charge in [0.2, 0.25) is 0 Å². The molecule has 0 heterocycles. The van der Waals surface area contributed by atoms with E-state index in [9.17, 15) is 14.9 Å². The minimum atomic E-state index is -0.367. The molecule has 0 spiro atoms. The van der Waals surface area contributed by atoms with Crippen LogP contribution in [0.3, 0.4) is 0 Å². The van der Waals surface area contributed by atoms with Gasteiger partial charge in [-0.15, -0.1) is 0 Å². The van der Waals surface area contributed by atoms with Gasteiger partial charge < -0.3 is 0 Å². The minimum absolute atomic E-state index is 0.0304. The Morgan fingerprint density at radius 1 is 1.31 bits per heavy atom. The number of nitrogens with zero attached hydrogens (tertiary/aromatic N) is 1. The van der Waals surface area contributed by atoms with Crippen LogP contribution in [0.2, 0.25) is 0 Å². The van der Waals surface area contributed by atoms with Gasteiger partial charge in [0, 0.05) is 24.5 Å². The summed E-state index contributed by atoms with van der Waals surface area (Å²) in [5, 5.41) is 10.9. The highest BCUT2D eigenvalue weighted by atomic mass is 16.6. The topological polar surface area (TPSA) is 60.2 Å². The number of benzene rings is 1. The lowest BCUT2D eigenvalue weighted by Gasteiger charge is -2.20. The summed E-state index contributed by atoms with van der Waals surface area (Å²) in [6.45, 7) is 0. The van der Waals surface area contributed by atoms with Crippen LogP contribution in [0.4, 0.5) is 5.69 Å². The number of rotatable bonds is 2. The molecule has 4 heteroatoms. The van der Waals surface area contributed by atoms with Crippen molar-refractivity contribution in [3.8, 4) is 0 Å². The quantitative estimate of drug-likeness (QED) is 0.567. The Kier molecular flexibility index (Phi) is 2.99. The molecule has 1 aliphatic carbocycles. The first-order valence-electron chi connectivity index (χ1n) is 5.43. The first-order valence-corrected chi connectivity index (χ1v) is 5.43. The number of carbonyl (C=O) groups is 1. The second-order valence-electron chi connectivity index (χ2n) is 4.15. The third kappa shape index (κ3) is 2.10. The predicted molar refractivity (Wildman–Crippen MR) is 59.3 cm³/mol. The molecule has 4 nitrogen and oxygen atoms in total. The van der Waals surface area contributed by atoms with E-state index in [1.54, 1.807) is 18.2 Å². The average molecular weight is 219 g/mol. The molecule has 0 radical (unpaired) electrons. The fourth-order valence-corrected chi connectivity index (χ4v) is 2.29. The number of nitro groups is 1. The number of ketones is 1. The van der Waals surface area contributed by atoms with E-state index < -0.39 is 0 Å². The molecule has 0 unspecified atom stereocenters. The van der Waals surface area contributed by atoms with Crippen LogP contribution < -0.4 is 0 Å². The van der Waals surface area contributed by atoms with Gasteiger partial charge in [-0.3, -0.25) is 14.9 Å². The zero-order valence-electron chi connectivity index (χ0n) is 8.89. The standard InChI is InChI=1S/C12H13NO3/c14-10-5-3-4-9(8-10)11-6-1-2-7-12(11)13(15)16/h1-2,6-7,9H,3-5,8H2/t9-/m1/s1. The van der Waals surface area contributed by atoms with Crippen molar-refractivity contribution >= 4 is 11.5 Å². The van der Waals surface area contributed by atoms with Crippen LogP contribution >= 0.6 is 0 Å². The molecule has 1 aromatic carbocycles. The SMILES string of the molecule is O=C1CCC[C@@H](c2ccccc2[N+](=O)[O-])C1. The lowest BCUT2D eigenvalue weighted by Crippen LogP contribution is -2.14. The van der Waals surface area contributed by atoms with Crippen molar-refractivity contribution in [1.29, 1.82) is 0 Å². The Morgan fingerprint density at radius 2 is 2.06 bits per heavy atom. The molecule has 0 aliphatic heterocycles. The van der Waals surface area contributed by atoms with Gasteiger partial charge in [-0.1, -0.05) is 18.2 Å². The van der Waals surface area contributed by atoms with E-state index in [0.29, 0.717) is 18.4 Å². The van der Waals surface area contributed by atoms with Crippen LogP contribution in [0.25, 0.3) is 0 Å². The highest BCUT2D eigenvalue weighted by Gasteiger charge is 2.26. The van der Waals surface area contributed by atoms with Gasteiger partial charge >= 0.3 is 0 Å². The third-order valence-corrected chi connectivity index (χ3v) is 3.06. The molecule has 1 fully saturated rings. The molecule has 0 N–H and O–H groups in total. The van der Waals surface area contributed by atoms with E-state index in [-0.39, 0.29) is 22.3 Å². The van der Waals surface area contributed by atoms with Gasteiger partial charge in [0.15, 0.2) is 0 Å². The molecule has 1 atom stereocenters. The van der Waals surface area contributed by atoms with E-state index in [2.05, 4.69) is 0 Å². The lowest BCUT2D eigenvalue weighted by atomic mass is 9.83. The fraction of sp³-hybridized carbons (Fsp3) is 0.417. The number of para-hydroxylation sites is 1. The van der Waals surface area contributed by atoms with E-state index in [1.165, 1.54) is 6.07 Å². The second-order valence-corrected chi connectivity index (χ2v) is 4.15. The van der Waals surface area contributed by atoms with Crippen molar-refractivity contribution in [3.05, 3.63) is 39.9 Å². The summed E-state index contributed by atoms with van der Waals surface area (Å²) in [4.78, 5) is 21.9. The summed E-state index contributed by atoms with van der Waals surface area (Å²) >= 11 is 0. The summed E-state index contributed by atoms with van der Waals surface area (Å²) in [7, 11) is 0. The first kappa shape index (κ1) is 10.8. The molecule has 1 aliphatic rings. The number of nitro benzene ring substituents is 1. The fourth-order valence-electron chi connectivity index (χ4n) is 2.29. The van der Waals surface area contributed by atoms with Crippen molar-refractivity contribution in [3.63, 3.8) is 0 Å². The largest absolute Gasteiger partial charge is 0.300 e. The van der Waals surface area contributed by atoms with Gasteiger partial charge in [0.05, 0.1) is 4.92 Å². The Bertz CT molecular complexity index is 428. The third-order valence-electron chi connectivity index (χ3n) is 3.06. The normalized spacial score (nSPS) is 20.8. The molecular formula is C12H13NO3. The van der Waals surface area contributed by atoms with Gasteiger partial charge in [0.25, 0.3) is 5.69 Å². The summed E-state index contributed by atoms with van der Waals surface area (Å²) < 4.78 is 0. The van der Waals surface area contributed by atoms with Crippen LogP contribution in [0, 0.1) is 10.1 Å². The van der Waals surface area contributed by atoms with Gasteiger partial charge in [0.1, 0.15) is 5.78 Å². The summed E-state index contributed by atoms with van der Waals surface area (Å²) in [6, 6.07) is 6.73. The smallest absolute Gasteiger partial charge is 0.272 e. The Balaban J connectivity index is 2.32.